The van der Waals surface area contributed by atoms with Gasteiger partial charge in [-0.15, -0.1) is 11.8 Å². The van der Waals surface area contributed by atoms with Crippen LogP contribution < -0.4 is 0 Å². The summed E-state index contributed by atoms with van der Waals surface area (Å²) >= 11 is 5.08. The lowest BCUT2D eigenvalue weighted by molar-refractivity contribution is 0.0781. The average molecular weight is 332 g/mol. The van der Waals surface area contributed by atoms with Gasteiger partial charge in [0.05, 0.1) is 17.0 Å². The molecular formula is C13H18BrNO2S. The Balaban J connectivity index is 2.74. The van der Waals surface area contributed by atoms with Gasteiger partial charge in [-0.1, -0.05) is 28.1 Å². The maximum atomic E-state index is 12.3. The molecule has 0 radical (unpaired) electrons. The molecule has 0 N–H and O–H groups in total. The number of methoxy groups -OCH3 is 1. The number of carbonyl (C=O) groups excluding carboxylic acids is 1. The van der Waals surface area contributed by atoms with Crippen molar-refractivity contribution >= 4 is 33.6 Å². The third-order valence-electron chi connectivity index (χ3n) is 2.50. The summed E-state index contributed by atoms with van der Waals surface area (Å²) in [6, 6.07) is 7.67. The van der Waals surface area contributed by atoms with Gasteiger partial charge in [-0.3, -0.25) is 4.79 Å². The average Bonchev–Trinajstić information content (AvgIpc) is 2.38. The normalized spacial score (nSPS) is 12.2. The van der Waals surface area contributed by atoms with Crippen molar-refractivity contribution < 1.29 is 9.53 Å². The smallest absolute Gasteiger partial charge is 0.254 e. The quantitative estimate of drug-likeness (QED) is 0.593. The van der Waals surface area contributed by atoms with Gasteiger partial charge in [-0.25, -0.2) is 0 Å². The summed E-state index contributed by atoms with van der Waals surface area (Å²) in [5.74, 6) is 0.0421. The van der Waals surface area contributed by atoms with Crippen LogP contribution in [0, 0.1) is 0 Å². The molecule has 0 spiro atoms. The van der Waals surface area contributed by atoms with Gasteiger partial charge in [0.2, 0.25) is 0 Å². The second-order valence-corrected chi connectivity index (χ2v) is 6.08. The first-order chi connectivity index (χ1) is 8.60. The van der Waals surface area contributed by atoms with E-state index in [0.717, 1.165) is 10.5 Å². The van der Waals surface area contributed by atoms with Crippen molar-refractivity contribution in [2.24, 2.45) is 0 Å². The summed E-state index contributed by atoms with van der Waals surface area (Å²) in [6.07, 6.45) is 1.98. The number of hydrogen-bond acceptors (Lipinski definition) is 3. The molecule has 1 aromatic carbocycles. The lowest BCUT2D eigenvalue weighted by Gasteiger charge is -2.21. The Morgan fingerprint density at radius 1 is 1.50 bits per heavy atom. The molecule has 1 rings (SSSR count). The third kappa shape index (κ3) is 4.30. The van der Waals surface area contributed by atoms with E-state index in [0.29, 0.717) is 13.2 Å². The van der Waals surface area contributed by atoms with Crippen LogP contribution in [0.15, 0.2) is 29.2 Å². The number of ether oxygens (including phenoxy) is 1. The van der Waals surface area contributed by atoms with Gasteiger partial charge in [0, 0.05) is 25.6 Å². The lowest BCUT2D eigenvalue weighted by Crippen LogP contribution is -2.34. The number of rotatable bonds is 6. The number of hydrogen-bond donors (Lipinski definition) is 0. The largest absolute Gasteiger partial charge is 0.383 e. The summed E-state index contributed by atoms with van der Waals surface area (Å²) in [6.45, 7) is 1.21. The minimum Gasteiger partial charge on any atom is -0.383 e. The highest BCUT2D eigenvalue weighted by molar-refractivity contribution is 9.09. The van der Waals surface area contributed by atoms with E-state index in [9.17, 15) is 4.79 Å². The first kappa shape index (κ1) is 15.5. The van der Waals surface area contributed by atoms with Crippen LogP contribution in [0.3, 0.4) is 0 Å². The predicted octanol–water partition coefficient (Wildman–Crippen LogP) is 2.89. The Morgan fingerprint density at radius 3 is 2.78 bits per heavy atom. The Hall–Kier alpha value is -0.520. The Labute approximate surface area is 121 Å². The predicted molar refractivity (Wildman–Crippen MR) is 79.8 cm³/mol. The molecule has 0 aliphatic rings. The summed E-state index contributed by atoms with van der Waals surface area (Å²) in [7, 11) is 3.46. The molecule has 0 heterocycles. The topological polar surface area (TPSA) is 29.5 Å². The van der Waals surface area contributed by atoms with Crippen LogP contribution in [0.4, 0.5) is 0 Å². The SMILES string of the molecule is COCC(Br)CN(C)C(=O)c1ccccc1SC. The molecule has 0 aliphatic carbocycles. The van der Waals surface area contributed by atoms with Gasteiger partial charge in [0.1, 0.15) is 0 Å². The molecule has 1 atom stereocenters. The summed E-state index contributed by atoms with van der Waals surface area (Å²) in [4.78, 5) is 15.2. The zero-order chi connectivity index (χ0) is 13.5. The van der Waals surface area contributed by atoms with Crippen LogP contribution in [-0.2, 0) is 4.74 Å². The third-order valence-corrected chi connectivity index (χ3v) is 3.85. The second kappa shape index (κ2) is 7.81. The molecule has 0 aromatic heterocycles. The Morgan fingerprint density at radius 2 is 2.17 bits per heavy atom. The fourth-order valence-corrected chi connectivity index (χ4v) is 2.93. The standard InChI is InChI=1S/C13H18BrNO2S/c1-15(8-10(14)9-17-2)13(16)11-6-4-5-7-12(11)18-3/h4-7,10H,8-9H2,1-3H3. The number of thioether (sulfide) groups is 1. The van der Waals surface area contributed by atoms with E-state index in [2.05, 4.69) is 15.9 Å². The van der Waals surface area contributed by atoms with Crippen molar-refractivity contribution in [3.63, 3.8) is 0 Å². The van der Waals surface area contributed by atoms with Crippen LogP contribution in [0.25, 0.3) is 0 Å². The molecule has 100 valence electrons. The molecule has 18 heavy (non-hydrogen) atoms. The number of nitrogens with zero attached hydrogens (tertiary/aromatic N) is 1. The fourth-order valence-electron chi connectivity index (χ4n) is 1.64. The molecule has 0 aliphatic heterocycles. The maximum Gasteiger partial charge on any atom is 0.254 e. The number of amides is 1. The second-order valence-electron chi connectivity index (χ2n) is 3.94. The zero-order valence-corrected chi connectivity index (χ0v) is 13.3. The van der Waals surface area contributed by atoms with E-state index in [4.69, 9.17) is 4.74 Å². The van der Waals surface area contributed by atoms with Crippen molar-refractivity contribution in [1.82, 2.24) is 4.90 Å². The molecule has 0 fully saturated rings. The van der Waals surface area contributed by atoms with Gasteiger partial charge >= 0.3 is 0 Å². The van der Waals surface area contributed by atoms with Crippen LogP contribution in [0.2, 0.25) is 0 Å². The molecule has 1 aromatic rings. The van der Waals surface area contributed by atoms with Gasteiger partial charge in [-0.05, 0) is 18.4 Å². The van der Waals surface area contributed by atoms with Gasteiger partial charge < -0.3 is 9.64 Å². The van der Waals surface area contributed by atoms with Crippen LogP contribution >= 0.6 is 27.7 Å². The van der Waals surface area contributed by atoms with Crippen molar-refractivity contribution in [3.8, 4) is 0 Å². The highest BCUT2D eigenvalue weighted by Crippen LogP contribution is 2.21. The highest BCUT2D eigenvalue weighted by atomic mass is 79.9. The minimum absolute atomic E-state index is 0.0421. The van der Waals surface area contributed by atoms with E-state index in [1.807, 2.05) is 37.6 Å². The number of alkyl halides is 1. The van der Waals surface area contributed by atoms with E-state index in [1.54, 1.807) is 23.8 Å². The summed E-state index contributed by atoms with van der Waals surface area (Å²) in [5, 5.41) is 0. The monoisotopic (exact) mass is 331 g/mol. The van der Waals surface area contributed by atoms with Gasteiger partial charge in [0.25, 0.3) is 5.91 Å². The number of benzene rings is 1. The lowest BCUT2D eigenvalue weighted by atomic mass is 10.2. The maximum absolute atomic E-state index is 12.3. The van der Waals surface area contributed by atoms with E-state index >= 15 is 0 Å². The molecule has 1 unspecified atom stereocenters. The Kier molecular flexibility index (Phi) is 6.75. The molecule has 0 bridgehead atoms. The van der Waals surface area contributed by atoms with Crippen molar-refractivity contribution in [2.45, 2.75) is 9.72 Å². The molecule has 5 heteroatoms. The highest BCUT2D eigenvalue weighted by Gasteiger charge is 2.17. The first-order valence-electron chi connectivity index (χ1n) is 5.61. The fraction of sp³-hybridized carbons (Fsp3) is 0.462. The van der Waals surface area contributed by atoms with E-state index in [-0.39, 0.29) is 10.7 Å². The van der Waals surface area contributed by atoms with Gasteiger partial charge in [-0.2, -0.15) is 0 Å². The molecule has 0 saturated heterocycles. The minimum atomic E-state index is 0.0421. The number of halogens is 1. The van der Waals surface area contributed by atoms with E-state index in [1.165, 1.54) is 0 Å². The summed E-state index contributed by atoms with van der Waals surface area (Å²) < 4.78 is 5.05. The van der Waals surface area contributed by atoms with Crippen LogP contribution in [0.1, 0.15) is 10.4 Å². The van der Waals surface area contributed by atoms with Crippen LogP contribution in [0.5, 0.6) is 0 Å². The van der Waals surface area contributed by atoms with Crippen LogP contribution in [-0.4, -0.2) is 49.2 Å². The summed E-state index contributed by atoms with van der Waals surface area (Å²) in [5.41, 5.74) is 0.754. The van der Waals surface area contributed by atoms with Crippen molar-refractivity contribution in [2.75, 3.05) is 33.6 Å². The van der Waals surface area contributed by atoms with Gasteiger partial charge in [0.15, 0.2) is 0 Å². The zero-order valence-electron chi connectivity index (χ0n) is 10.9. The Bertz CT molecular complexity index is 400. The van der Waals surface area contributed by atoms with Crippen molar-refractivity contribution in [1.29, 1.82) is 0 Å². The molecule has 0 saturated carbocycles. The first-order valence-corrected chi connectivity index (χ1v) is 7.75. The molecule has 1 amide bonds. The number of carbonyl (C=O) groups is 1. The van der Waals surface area contributed by atoms with Crippen molar-refractivity contribution in [3.05, 3.63) is 29.8 Å². The van der Waals surface area contributed by atoms with E-state index < -0.39 is 0 Å². The molecular weight excluding hydrogens is 314 g/mol. The molecule has 3 nitrogen and oxygen atoms in total.